The first-order chi connectivity index (χ1) is 10.4. The van der Waals surface area contributed by atoms with Crippen LogP contribution in [0.25, 0.3) is 0 Å². The van der Waals surface area contributed by atoms with E-state index in [4.69, 9.17) is 0 Å². The van der Waals surface area contributed by atoms with Crippen LogP contribution in [0.5, 0.6) is 5.75 Å². The maximum atomic E-state index is 11.8. The van der Waals surface area contributed by atoms with Crippen LogP contribution in [0.3, 0.4) is 0 Å². The molecule has 5 nitrogen and oxygen atoms in total. The summed E-state index contributed by atoms with van der Waals surface area (Å²) >= 11 is 3.19. The van der Waals surface area contributed by atoms with E-state index < -0.39 is 10.0 Å². The van der Waals surface area contributed by atoms with E-state index in [-0.39, 0.29) is 11.5 Å². The van der Waals surface area contributed by atoms with Crippen molar-refractivity contribution in [2.24, 2.45) is 5.10 Å². The molecular formula is C15H23BrN2O3S. The summed E-state index contributed by atoms with van der Waals surface area (Å²) in [5, 5.41) is 13.1. The van der Waals surface area contributed by atoms with Crippen molar-refractivity contribution < 1.29 is 13.5 Å². The predicted octanol–water partition coefficient (Wildman–Crippen LogP) is 3.77. The van der Waals surface area contributed by atoms with E-state index in [1.54, 1.807) is 12.1 Å². The molecular weight excluding hydrogens is 368 g/mol. The molecule has 1 aromatic rings. The second-order valence-electron chi connectivity index (χ2n) is 5.15. The molecule has 0 amide bonds. The summed E-state index contributed by atoms with van der Waals surface area (Å²) in [5.41, 5.74) is 0.687. The standard InChI is InChI=1S/C15H23BrN2O3S/c1-2-3-4-5-6-7-10-22(20,21)18-17-12-13-8-9-15(19)14(16)11-13/h8-9,11-12,18-19H,2-7,10H2,1H3/b17-12+. The molecule has 2 N–H and O–H groups in total. The van der Waals surface area contributed by atoms with E-state index in [1.807, 2.05) is 0 Å². The van der Waals surface area contributed by atoms with Crippen molar-refractivity contribution >= 4 is 32.2 Å². The molecule has 1 rings (SSSR count). The van der Waals surface area contributed by atoms with Crippen molar-refractivity contribution in [1.29, 1.82) is 0 Å². The van der Waals surface area contributed by atoms with Crippen LogP contribution in [0.1, 0.15) is 51.0 Å². The van der Waals surface area contributed by atoms with Gasteiger partial charge in [-0.15, -0.1) is 0 Å². The molecule has 0 aliphatic carbocycles. The predicted molar refractivity (Wildman–Crippen MR) is 93.7 cm³/mol. The lowest BCUT2D eigenvalue weighted by molar-refractivity contribution is 0.472. The zero-order valence-electron chi connectivity index (χ0n) is 12.8. The minimum absolute atomic E-state index is 0.0930. The van der Waals surface area contributed by atoms with Crippen LogP contribution in [0.4, 0.5) is 0 Å². The molecule has 0 aliphatic heterocycles. The van der Waals surface area contributed by atoms with Crippen LogP contribution >= 0.6 is 15.9 Å². The fraction of sp³-hybridized carbons (Fsp3) is 0.533. The third-order valence-corrected chi connectivity index (χ3v) is 4.99. The molecule has 0 spiro atoms. The zero-order chi connectivity index (χ0) is 16.4. The first kappa shape index (κ1) is 19.0. The lowest BCUT2D eigenvalue weighted by Crippen LogP contribution is -2.21. The van der Waals surface area contributed by atoms with E-state index in [9.17, 15) is 13.5 Å². The van der Waals surface area contributed by atoms with Gasteiger partial charge >= 0.3 is 0 Å². The molecule has 0 atom stereocenters. The number of nitrogens with one attached hydrogen (secondary N) is 1. The molecule has 0 unspecified atom stereocenters. The highest BCUT2D eigenvalue weighted by atomic mass is 79.9. The smallest absolute Gasteiger partial charge is 0.247 e. The number of hydrogen-bond acceptors (Lipinski definition) is 4. The molecule has 124 valence electrons. The largest absolute Gasteiger partial charge is 0.507 e. The van der Waals surface area contributed by atoms with E-state index in [2.05, 4.69) is 32.8 Å². The Labute approximate surface area is 141 Å². The Morgan fingerprint density at radius 3 is 2.59 bits per heavy atom. The Balaban J connectivity index is 2.35. The molecule has 7 heteroatoms. The van der Waals surface area contributed by atoms with Crippen LogP contribution < -0.4 is 4.83 Å². The van der Waals surface area contributed by atoms with Crippen LogP contribution in [-0.4, -0.2) is 25.5 Å². The van der Waals surface area contributed by atoms with Gasteiger partial charge in [0.1, 0.15) is 5.75 Å². The Kier molecular flexibility index (Phi) is 8.48. The number of hydrogen-bond donors (Lipinski definition) is 2. The number of halogens is 1. The fourth-order valence-electron chi connectivity index (χ4n) is 1.90. The summed E-state index contributed by atoms with van der Waals surface area (Å²) in [6.07, 6.45) is 7.61. The van der Waals surface area contributed by atoms with Gasteiger partial charge in [-0.25, -0.2) is 13.2 Å². The van der Waals surface area contributed by atoms with Crippen molar-refractivity contribution in [3.05, 3.63) is 28.2 Å². The van der Waals surface area contributed by atoms with Crippen molar-refractivity contribution in [2.75, 3.05) is 5.75 Å². The molecule has 0 fully saturated rings. The highest BCUT2D eigenvalue weighted by Crippen LogP contribution is 2.23. The van der Waals surface area contributed by atoms with Crippen LogP contribution in [-0.2, 0) is 10.0 Å². The minimum Gasteiger partial charge on any atom is -0.507 e. The van der Waals surface area contributed by atoms with Gasteiger partial charge in [0, 0.05) is 0 Å². The molecule has 0 bridgehead atoms. The number of sulfonamides is 1. The monoisotopic (exact) mass is 390 g/mol. The average molecular weight is 391 g/mol. The van der Waals surface area contributed by atoms with Gasteiger partial charge in [-0.2, -0.15) is 5.10 Å². The first-order valence-electron chi connectivity index (χ1n) is 7.45. The Bertz CT molecular complexity index is 588. The molecule has 0 aliphatic rings. The quantitative estimate of drug-likeness (QED) is 0.362. The second kappa shape index (κ2) is 9.84. The van der Waals surface area contributed by atoms with Gasteiger partial charge < -0.3 is 5.11 Å². The van der Waals surface area contributed by atoms with Gasteiger partial charge in [-0.3, -0.25) is 0 Å². The summed E-state index contributed by atoms with van der Waals surface area (Å²) in [4.78, 5) is 2.21. The van der Waals surface area contributed by atoms with Gasteiger partial charge in [0.2, 0.25) is 10.0 Å². The van der Waals surface area contributed by atoms with Crippen molar-refractivity contribution in [3.8, 4) is 5.75 Å². The molecule has 0 aromatic heterocycles. The van der Waals surface area contributed by atoms with Gasteiger partial charge in [0.15, 0.2) is 0 Å². The minimum atomic E-state index is -3.37. The van der Waals surface area contributed by atoms with Gasteiger partial charge in [-0.1, -0.05) is 39.0 Å². The number of hydrazone groups is 1. The summed E-state index contributed by atoms with van der Waals surface area (Å²) in [6, 6.07) is 4.81. The number of phenolic OH excluding ortho intramolecular Hbond substituents is 1. The summed E-state index contributed by atoms with van der Waals surface area (Å²) < 4.78 is 24.0. The third kappa shape index (κ3) is 7.79. The summed E-state index contributed by atoms with van der Waals surface area (Å²) in [7, 11) is -3.37. The number of benzene rings is 1. The molecule has 0 radical (unpaired) electrons. The Hall–Kier alpha value is -1.08. The Morgan fingerprint density at radius 1 is 1.23 bits per heavy atom. The van der Waals surface area contributed by atoms with Crippen LogP contribution in [0.15, 0.2) is 27.8 Å². The van der Waals surface area contributed by atoms with Gasteiger partial charge in [0.25, 0.3) is 0 Å². The lowest BCUT2D eigenvalue weighted by atomic mass is 10.1. The van der Waals surface area contributed by atoms with Crippen LogP contribution in [0, 0.1) is 0 Å². The van der Waals surface area contributed by atoms with E-state index in [1.165, 1.54) is 25.1 Å². The average Bonchev–Trinajstić information content (AvgIpc) is 2.46. The number of aromatic hydroxyl groups is 1. The number of nitrogens with zero attached hydrogens (tertiary/aromatic N) is 1. The maximum Gasteiger partial charge on any atom is 0.247 e. The number of phenols is 1. The van der Waals surface area contributed by atoms with E-state index in [0.717, 1.165) is 19.3 Å². The highest BCUT2D eigenvalue weighted by Gasteiger charge is 2.07. The lowest BCUT2D eigenvalue weighted by Gasteiger charge is -2.03. The highest BCUT2D eigenvalue weighted by molar-refractivity contribution is 9.10. The van der Waals surface area contributed by atoms with Crippen molar-refractivity contribution in [1.82, 2.24) is 4.83 Å². The number of rotatable bonds is 10. The molecule has 1 aromatic carbocycles. The third-order valence-electron chi connectivity index (χ3n) is 3.14. The van der Waals surface area contributed by atoms with Gasteiger partial charge in [-0.05, 0) is 46.1 Å². The number of unbranched alkanes of at least 4 members (excludes halogenated alkanes) is 5. The Morgan fingerprint density at radius 2 is 1.91 bits per heavy atom. The fourth-order valence-corrected chi connectivity index (χ4v) is 3.19. The summed E-state index contributed by atoms with van der Waals surface area (Å²) in [5.74, 6) is 0.219. The molecule has 0 saturated carbocycles. The normalized spacial score (nSPS) is 11.9. The second-order valence-corrected chi connectivity index (χ2v) is 7.82. The maximum absolute atomic E-state index is 11.8. The van der Waals surface area contributed by atoms with E-state index in [0.29, 0.717) is 16.5 Å². The topological polar surface area (TPSA) is 78.8 Å². The SMILES string of the molecule is CCCCCCCCS(=O)(=O)N/N=C/c1ccc(O)c(Br)c1. The van der Waals surface area contributed by atoms with Crippen molar-refractivity contribution in [2.45, 2.75) is 45.4 Å². The molecule has 0 heterocycles. The first-order valence-corrected chi connectivity index (χ1v) is 9.90. The summed E-state index contributed by atoms with van der Waals surface area (Å²) in [6.45, 7) is 2.15. The van der Waals surface area contributed by atoms with Crippen molar-refractivity contribution in [3.63, 3.8) is 0 Å². The zero-order valence-corrected chi connectivity index (χ0v) is 15.2. The van der Waals surface area contributed by atoms with E-state index >= 15 is 0 Å². The van der Waals surface area contributed by atoms with Crippen LogP contribution in [0.2, 0.25) is 0 Å². The molecule has 22 heavy (non-hydrogen) atoms. The molecule has 0 saturated heterocycles. The van der Waals surface area contributed by atoms with Gasteiger partial charge in [0.05, 0.1) is 16.4 Å².